The summed E-state index contributed by atoms with van der Waals surface area (Å²) in [7, 11) is 1.51. The summed E-state index contributed by atoms with van der Waals surface area (Å²) < 4.78 is 0. The second-order valence-electron chi connectivity index (χ2n) is 4.75. The standard InChI is InChI=1S/C15H18N2O2S/c1-10(2)11-6-7-12(13(9-11)17-19-3)16-15(18)14-5-4-8-20-14/h4-5,7-8,11H,1,6,9H2,2-3H3,(H,16,18)/b17-13+/t11-/m1/s1. The van der Waals surface area contributed by atoms with E-state index in [2.05, 4.69) is 17.1 Å². The molecule has 0 unspecified atom stereocenters. The summed E-state index contributed by atoms with van der Waals surface area (Å²) in [6.45, 7) is 6.00. The van der Waals surface area contributed by atoms with Crippen molar-refractivity contribution in [2.24, 2.45) is 11.1 Å². The average molecular weight is 290 g/mol. The van der Waals surface area contributed by atoms with Gasteiger partial charge in [-0.2, -0.15) is 0 Å². The zero-order chi connectivity index (χ0) is 14.5. The van der Waals surface area contributed by atoms with Crippen molar-refractivity contribution in [1.82, 2.24) is 5.32 Å². The number of nitrogens with zero attached hydrogens (tertiary/aromatic N) is 1. The minimum Gasteiger partial charge on any atom is -0.399 e. The number of hydrogen-bond acceptors (Lipinski definition) is 4. The van der Waals surface area contributed by atoms with Crippen LogP contribution in [-0.4, -0.2) is 18.7 Å². The molecule has 2 rings (SSSR count). The van der Waals surface area contributed by atoms with E-state index in [-0.39, 0.29) is 5.91 Å². The molecule has 106 valence electrons. The van der Waals surface area contributed by atoms with E-state index in [0.29, 0.717) is 10.8 Å². The zero-order valence-corrected chi connectivity index (χ0v) is 12.5. The fourth-order valence-corrected chi connectivity index (χ4v) is 2.71. The minimum atomic E-state index is -0.108. The van der Waals surface area contributed by atoms with E-state index in [1.807, 2.05) is 24.4 Å². The lowest BCUT2D eigenvalue weighted by atomic mass is 9.86. The van der Waals surface area contributed by atoms with Crippen LogP contribution in [0.3, 0.4) is 0 Å². The molecule has 1 atom stereocenters. The van der Waals surface area contributed by atoms with E-state index >= 15 is 0 Å². The first-order valence-electron chi connectivity index (χ1n) is 6.42. The summed E-state index contributed by atoms with van der Waals surface area (Å²) in [5, 5.41) is 8.82. The Kier molecular flexibility index (Phi) is 4.74. The third kappa shape index (κ3) is 3.36. The highest BCUT2D eigenvalue weighted by Crippen LogP contribution is 2.26. The molecule has 0 aromatic carbocycles. The number of allylic oxidation sites excluding steroid dienone is 3. The summed E-state index contributed by atoms with van der Waals surface area (Å²) in [5.74, 6) is 0.245. The van der Waals surface area contributed by atoms with Crippen LogP contribution in [0.25, 0.3) is 0 Å². The lowest BCUT2D eigenvalue weighted by molar-refractivity contribution is 0.0971. The largest absolute Gasteiger partial charge is 0.399 e. The highest BCUT2D eigenvalue weighted by Gasteiger charge is 2.23. The van der Waals surface area contributed by atoms with Crippen LogP contribution < -0.4 is 5.32 Å². The minimum absolute atomic E-state index is 0.108. The molecule has 1 heterocycles. The molecule has 4 nitrogen and oxygen atoms in total. The van der Waals surface area contributed by atoms with Crippen molar-refractivity contribution < 1.29 is 9.63 Å². The van der Waals surface area contributed by atoms with E-state index in [1.165, 1.54) is 18.4 Å². The van der Waals surface area contributed by atoms with Crippen molar-refractivity contribution in [1.29, 1.82) is 0 Å². The Labute approximate surface area is 122 Å². The molecule has 1 aromatic rings. The molecular formula is C15H18N2O2S. The van der Waals surface area contributed by atoms with Crippen LogP contribution >= 0.6 is 11.3 Å². The molecule has 0 spiro atoms. The quantitative estimate of drug-likeness (QED) is 0.683. The Hall–Kier alpha value is -1.88. The van der Waals surface area contributed by atoms with Crippen molar-refractivity contribution in [2.75, 3.05) is 7.11 Å². The van der Waals surface area contributed by atoms with E-state index < -0.39 is 0 Å². The highest BCUT2D eigenvalue weighted by atomic mass is 32.1. The lowest BCUT2D eigenvalue weighted by Crippen LogP contribution is -2.30. The Morgan fingerprint density at radius 1 is 1.60 bits per heavy atom. The molecule has 0 bridgehead atoms. The van der Waals surface area contributed by atoms with Gasteiger partial charge in [0.15, 0.2) is 0 Å². The number of thiophene rings is 1. The molecule has 1 amide bonds. The number of oxime groups is 1. The predicted molar refractivity (Wildman–Crippen MR) is 81.9 cm³/mol. The molecule has 0 radical (unpaired) electrons. The van der Waals surface area contributed by atoms with Gasteiger partial charge in [0.2, 0.25) is 0 Å². The van der Waals surface area contributed by atoms with Crippen LogP contribution in [0, 0.1) is 5.92 Å². The predicted octanol–water partition coefficient (Wildman–Crippen LogP) is 3.35. The van der Waals surface area contributed by atoms with E-state index in [9.17, 15) is 4.79 Å². The van der Waals surface area contributed by atoms with E-state index in [1.54, 1.807) is 6.07 Å². The normalized spacial score (nSPS) is 20.4. The van der Waals surface area contributed by atoms with Crippen LogP contribution in [0.4, 0.5) is 0 Å². The summed E-state index contributed by atoms with van der Waals surface area (Å²) in [6, 6.07) is 3.66. The van der Waals surface area contributed by atoms with Gasteiger partial charge in [-0.3, -0.25) is 4.79 Å². The van der Waals surface area contributed by atoms with Gasteiger partial charge < -0.3 is 10.2 Å². The fraction of sp³-hybridized carbons (Fsp3) is 0.333. The Bertz CT molecular complexity index is 558. The van der Waals surface area contributed by atoms with Crippen molar-refractivity contribution in [3.63, 3.8) is 0 Å². The molecule has 5 heteroatoms. The smallest absolute Gasteiger partial charge is 0.265 e. The zero-order valence-electron chi connectivity index (χ0n) is 11.7. The van der Waals surface area contributed by atoms with Gasteiger partial charge in [0.1, 0.15) is 12.8 Å². The first-order valence-corrected chi connectivity index (χ1v) is 7.30. The third-order valence-corrected chi connectivity index (χ3v) is 4.12. The monoisotopic (exact) mass is 290 g/mol. The maximum Gasteiger partial charge on any atom is 0.265 e. The molecule has 0 fully saturated rings. The van der Waals surface area contributed by atoms with Crippen molar-refractivity contribution in [2.45, 2.75) is 19.8 Å². The number of rotatable bonds is 4. The SMILES string of the molecule is C=C(C)[C@@H]1CC=C(NC(=O)c2cccs2)/C(=N/OC)C1. The number of amides is 1. The maximum absolute atomic E-state index is 12.1. The van der Waals surface area contributed by atoms with Gasteiger partial charge in [0.25, 0.3) is 5.91 Å². The molecular weight excluding hydrogens is 272 g/mol. The maximum atomic E-state index is 12.1. The van der Waals surface area contributed by atoms with Crippen molar-refractivity contribution >= 4 is 23.0 Å². The van der Waals surface area contributed by atoms with Gasteiger partial charge in [-0.15, -0.1) is 11.3 Å². The van der Waals surface area contributed by atoms with E-state index in [0.717, 1.165) is 29.8 Å². The van der Waals surface area contributed by atoms with Gasteiger partial charge >= 0.3 is 0 Å². The van der Waals surface area contributed by atoms with Crippen LogP contribution in [-0.2, 0) is 4.84 Å². The van der Waals surface area contributed by atoms with E-state index in [4.69, 9.17) is 4.84 Å². The van der Waals surface area contributed by atoms with Gasteiger partial charge in [0, 0.05) is 6.42 Å². The molecule has 1 aliphatic rings. The average Bonchev–Trinajstić information content (AvgIpc) is 2.94. The molecule has 1 aromatic heterocycles. The summed E-state index contributed by atoms with van der Waals surface area (Å²) in [4.78, 5) is 17.6. The van der Waals surface area contributed by atoms with Gasteiger partial charge in [-0.1, -0.05) is 29.5 Å². The molecule has 20 heavy (non-hydrogen) atoms. The Morgan fingerprint density at radius 2 is 2.40 bits per heavy atom. The fourth-order valence-electron chi connectivity index (χ4n) is 2.09. The number of hydrogen-bond donors (Lipinski definition) is 1. The van der Waals surface area contributed by atoms with Gasteiger partial charge in [-0.05, 0) is 30.7 Å². The van der Waals surface area contributed by atoms with Gasteiger partial charge in [-0.25, -0.2) is 0 Å². The molecule has 1 aliphatic carbocycles. The molecule has 1 N–H and O–H groups in total. The lowest BCUT2D eigenvalue weighted by Gasteiger charge is -2.23. The summed E-state index contributed by atoms with van der Waals surface area (Å²) in [6.07, 6.45) is 3.59. The highest BCUT2D eigenvalue weighted by molar-refractivity contribution is 7.12. The Morgan fingerprint density at radius 3 is 3.00 bits per heavy atom. The first-order chi connectivity index (χ1) is 9.61. The summed E-state index contributed by atoms with van der Waals surface area (Å²) >= 11 is 1.42. The second kappa shape index (κ2) is 6.52. The molecule has 0 saturated heterocycles. The second-order valence-corrected chi connectivity index (χ2v) is 5.70. The van der Waals surface area contributed by atoms with Gasteiger partial charge in [0.05, 0.1) is 10.6 Å². The molecule has 0 aliphatic heterocycles. The van der Waals surface area contributed by atoms with Crippen LogP contribution in [0.5, 0.6) is 0 Å². The Balaban J connectivity index is 2.14. The topological polar surface area (TPSA) is 50.7 Å². The van der Waals surface area contributed by atoms with Crippen LogP contribution in [0.1, 0.15) is 29.4 Å². The number of carbonyl (C=O) groups is 1. The van der Waals surface area contributed by atoms with Crippen molar-refractivity contribution in [3.05, 3.63) is 46.3 Å². The first kappa shape index (κ1) is 14.5. The van der Waals surface area contributed by atoms with Crippen LogP contribution in [0.15, 0.2) is 46.6 Å². The summed E-state index contributed by atoms with van der Waals surface area (Å²) in [5.41, 5.74) is 2.62. The number of carbonyl (C=O) groups excluding carboxylic acids is 1. The van der Waals surface area contributed by atoms with Crippen LogP contribution in [0.2, 0.25) is 0 Å². The third-order valence-electron chi connectivity index (χ3n) is 3.25. The number of nitrogens with one attached hydrogen (secondary N) is 1. The van der Waals surface area contributed by atoms with Crippen molar-refractivity contribution in [3.8, 4) is 0 Å². The molecule has 0 saturated carbocycles.